The number of amides is 1. The van der Waals surface area contributed by atoms with Crippen molar-refractivity contribution in [1.82, 2.24) is 4.90 Å². The van der Waals surface area contributed by atoms with E-state index in [1.54, 1.807) is 18.9 Å². The van der Waals surface area contributed by atoms with E-state index in [1.165, 1.54) is 11.3 Å². The van der Waals surface area contributed by atoms with Gasteiger partial charge in [0.25, 0.3) is 0 Å². The van der Waals surface area contributed by atoms with E-state index in [9.17, 15) is 4.79 Å². The Hall–Kier alpha value is -1.20. The molecule has 1 aromatic carbocycles. The van der Waals surface area contributed by atoms with Crippen molar-refractivity contribution in [3.63, 3.8) is 0 Å². The Kier molecular flexibility index (Phi) is 4.71. The van der Waals surface area contributed by atoms with E-state index in [0.29, 0.717) is 18.9 Å². The zero-order valence-electron chi connectivity index (χ0n) is 11.6. The number of carbonyl (C=O) groups is 1. The fraction of sp³-hybridized carbons (Fsp3) is 0.500. The maximum Gasteiger partial charge on any atom is 0.233 e. The fourth-order valence-corrected chi connectivity index (χ4v) is 3.32. The molecule has 0 N–H and O–H groups in total. The van der Waals surface area contributed by atoms with Crippen LogP contribution in [0.4, 0.5) is 5.69 Å². The predicted octanol–water partition coefficient (Wildman–Crippen LogP) is 1.97. The largest absolute Gasteiger partial charge is 0.383 e. The number of hydrogen-bond acceptors (Lipinski definition) is 4. The summed E-state index contributed by atoms with van der Waals surface area (Å²) in [5.74, 6) is 0.757. The highest BCUT2D eigenvalue weighted by Crippen LogP contribution is 2.38. The van der Waals surface area contributed by atoms with Gasteiger partial charge in [-0.15, -0.1) is 11.8 Å². The molecular formula is C14H20N2O2S. The first-order chi connectivity index (χ1) is 9.13. The summed E-state index contributed by atoms with van der Waals surface area (Å²) in [5, 5.41) is 0.124. The van der Waals surface area contributed by atoms with Gasteiger partial charge in [-0.3, -0.25) is 4.79 Å². The van der Waals surface area contributed by atoms with Gasteiger partial charge in [-0.2, -0.15) is 0 Å². The van der Waals surface area contributed by atoms with Crippen molar-refractivity contribution in [1.29, 1.82) is 0 Å². The van der Waals surface area contributed by atoms with Gasteiger partial charge in [0.15, 0.2) is 0 Å². The highest BCUT2D eigenvalue weighted by Gasteiger charge is 2.32. The van der Waals surface area contributed by atoms with Crippen molar-refractivity contribution in [3.05, 3.63) is 29.8 Å². The van der Waals surface area contributed by atoms with Crippen LogP contribution in [0.3, 0.4) is 0 Å². The lowest BCUT2D eigenvalue weighted by atomic mass is 10.2. The van der Waals surface area contributed by atoms with E-state index in [4.69, 9.17) is 4.74 Å². The van der Waals surface area contributed by atoms with Crippen LogP contribution in [0.1, 0.15) is 10.9 Å². The molecule has 1 heterocycles. The van der Waals surface area contributed by atoms with E-state index in [1.807, 2.05) is 19.0 Å². The van der Waals surface area contributed by atoms with Crippen LogP contribution in [-0.2, 0) is 9.53 Å². The second-order valence-electron chi connectivity index (χ2n) is 4.73. The molecule has 0 bridgehead atoms. The monoisotopic (exact) mass is 280 g/mol. The number of rotatable bonds is 5. The first kappa shape index (κ1) is 14.2. The van der Waals surface area contributed by atoms with Crippen molar-refractivity contribution in [3.8, 4) is 0 Å². The van der Waals surface area contributed by atoms with Crippen LogP contribution >= 0.6 is 11.8 Å². The maximum absolute atomic E-state index is 11.9. The number of nitrogens with zero attached hydrogens (tertiary/aromatic N) is 2. The van der Waals surface area contributed by atoms with Crippen molar-refractivity contribution in [2.24, 2.45) is 0 Å². The molecule has 1 aliphatic heterocycles. The molecule has 19 heavy (non-hydrogen) atoms. The lowest BCUT2D eigenvalue weighted by molar-refractivity contribution is -0.128. The Morgan fingerprint density at radius 1 is 1.37 bits per heavy atom. The Bertz CT molecular complexity index is 434. The van der Waals surface area contributed by atoms with Crippen molar-refractivity contribution in [2.75, 3.05) is 45.0 Å². The molecule has 0 spiro atoms. The van der Waals surface area contributed by atoms with Gasteiger partial charge >= 0.3 is 0 Å². The molecule has 1 atom stereocenters. The highest BCUT2D eigenvalue weighted by atomic mass is 32.2. The van der Waals surface area contributed by atoms with E-state index < -0.39 is 0 Å². The van der Waals surface area contributed by atoms with Gasteiger partial charge in [0.05, 0.1) is 12.4 Å². The molecule has 1 aromatic rings. The summed E-state index contributed by atoms with van der Waals surface area (Å²) in [7, 11) is 5.70. The number of anilines is 1. The number of ether oxygens (including phenoxy) is 1. The van der Waals surface area contributed by atoms with Gasteiger partial charge in [-0.25, -0.2) is 0 Å². The Morgan fingerprint density at radius 2 is 2.05 bits per heavy atom. The molecule has 1 saturated heterocycles. The van der Waals surface area contributed by atoms with Crippen LogP contribution in [0.5, 0.6) is 0 Å². The third-order valence-electron chi connectivity index (χ3n) is 3.20. The SMILES string of the molecule is COCCN1C(=O)CSC1c1ccc(N(C)C)cc1. The molecule has 1 aliphatic rings. The van der Waals surface area contributed by atoms with Gasteiger partial charge < -0.3 is 14.5 Å². The van der Waals surface area contributed by atoms with Crippen LogP contribution in [0, 0.1) is 0 Å². The molecule has 2 rings (SSSR count). The molecule has 1 amide bonds. The Morgan fingerprint density at radius 3 is 2.63 bits per heavy atom. The summed E-state index contributed by atoms with van der Waals surface area (Å²) in [6.07, 6.45) is 0. The first-order valence-electron chi connectivity index (χ1n) is 6.31. The molecule has 5 heteroatoms. The summed E-state index contributed by atoms with van der Waals surface area (Å²) in [6, 6.07) is 8.39. The molecular weight excluding hydrogens is 260 g/mol. The van der Waals surface area contributed by atoms with Crippen molar-refractivity contribution >= 4 is 23.4 Å². The van der Waals surface area contributed by atoms with Crippen LogP contribution in [-0.4, -0.2) is 50.9 Å². The minimum atomic E-state index is 0.124. The average molecular weight is 280 g/mol. The van der Waals surface area contributed by atoms with Crippen molar-refractivity contribution in [2.45, 2.75) is 5.37 Å². The Balaban J connectivity index is 2.13. The van der Waals surface area contributed by atoms with Gasteiger partial charge in [0.1, 0.15) is 5.37 Å². The molecule has 104 valence electrons. The molecule has 0 radical (unpaired) electrons. The van der Waals surface area contributed by atoms with Crippen molar-refractivity contribution < 1.29 is 9.53 Å². The van der Waals surface area contributed by atoms with Crippen LogP contribution in [0.15, 0.2) is 24.3 Å². The number of hydrogen-bond donors (Lipinski definition) is 0. The minimum absolute atomic E-state index is 0.124. The fourth-order valence-electron chi connectivity index (χ4n) is 2.10. The quantitative estimate of drug-likeness (QED) is 0.825. The Labute approximate surface area is 118 Å². The number of thioether (sulfide) groups is 1. The van der Waals surface area contributed by atoms with Crippen LogP contribution in [0.2, 0.25) is 0 Å². The number of carbonyl (C=O) groups excluding carboxylic acids is 1. The van der Waals surface area contributed by atoms with Gasteiger partial charge in [-0.05, 0) is 17.7 Å². The zero-order chi connectivity index (χ0) is 13.8. The van der Waals surface area contributed by atoms with Crippen LogP contribution in [0.25, 0.3) is 0 Å². The minimum Gasteiger partial charge on any atom is -0.383 e. The smallest absolute Gasteiger partial charge is 0.233 e. The summed E-state index contributed by atoms with van der Waals surface area (Å²) < 4.78 is 5.08. The summed E-state index contributed by atoms with van der Waals surface area (Å²) in [5.41, 5.74) is 2.35. The summed E-state index contributed by atoms with van der Waals surface area (Å²) in [4.78, 5) is 15.9. The average Bonchev–Trinajstić information content (AvgIpc) is 2.78. The molecule has 0 aromatic heterocycles. The maximum atomic E-state index is 11.9. The standard InChI is InChI=1S/C14H20N2O2S/c1-15(2)12-6-4-11(5-7-12)14-16(8-9-18-3)13(17)10-19-14/h4-7,14H,8-10H2,1-3H3. The lowest BCUT2D eigenvalue weighted by Crippen LogP contribution is -2.31. The molecule has 4 nitrogen and oxygen atoms in total. The molecule has 1 unspecified atom stereocenters. The van der Waals surface area contributed by atoms with Gasteiger partial charge in [0, 0.05) is 33.4 Å². The van der Waals surface area contributed by atoms with E-state index >= 15 is 0 Å². The van der Waals surface area contributed by atoms with E-state index in [2.05, 4.69) is 29.2 Å². The second kappa shape index (κ2) is 6.30. The topological polar surface area (TPSA) is 32.8 Å². The third-order valence-corrected chi connectivity index (χ3v) is 4.46. The number of benzene rings is 1. The summed E-state index contributed by atoms with van der Waals surface area (Å²) >= 11 is 1.68. The molecule has 0 aliphatic carbocycles. The zero-order valence-corrected chi connectivity index (χ0v) is 12.4. The molecule has 1 fully saturated rings. The predicted molar refractivity (Wildman–Crippen MR) is 79.6 cm³/mol. The van der Waals surface area contributed by atoms with E-state index in [0.717, 1.165) is 0 Å². The normalized spacial score (nSPS) is 19.0. The first-order valence-corrected chi connectivity index (χ1v) is 7.35. The number of methoxy groups -OCH3 is 1. The summed E-state index contributed by atoms with van der Waals surface area (Å²) in [6.45, 7) is 1.24. The highest BCUT2D eigenvalue weighted by molar-refractivity contribution is 8.00. The lowest BCUT2D eigenvalue weighted by Gasteiger charge is -2.24. The molecule has 0 saturated carbocycles. The van der Waals surface area contributed by atoms with Gasteiger partial charge in [0.2, 0.25) is 5.91 Å². The second-order valence-corrected chi connectivity index (χ2v) is 5.80. The van der Waals surface area contributed by atoms with Gasteiger partial charge in [-0.1, -0.05) is 12.1 Å². The third kappa shape index (κ3) is 3.22. The van der Waals surface area contributed by atoms with Crippen LogP contribution < -0.4 is 4.90 Å². The van der Waals surface area contributed by atoms with E-state index in [-0.39, 0.29) is 11.3 Å².